The van der Waals surface area contributed by atoms with Gasteiger partial charge < -0.3 is 5.32 Å². The van der Waals surface area contributed by atoms with E-state index < -0.39 is 23.8 Å². The highest BCUT2D eigenvalue weighted by molar-refractivity contribution is 6.06. The van der Waals surface area contributed by atoms with E-state index in [1.165, 1.54) is 0 Å². The van der Waals surface area contributed by atoms with Gasteiger partial charge in [0, 0.05) is 6.54 Å². The molecule has 0 saturated carbocycles. The van der Waals surface area contributed by atoms with Gasteiger partial charge in [0.2, 0.25) is 0 Å². The summed E-state index contributed by atoms with van der Waals surface area (Å²) in [6.07, 6.45) is -0.345. The number of hydrogen-bond donors (Lipinski definition) is 3. The molecule has 72 valence electrons. The Hall–Kier alpha value is -1.17. The Morgan fingerprint density at radius 2 is 2.23 bits per heavy atom. The first-order chi connectivity index (χ1) is 6.12. The van der Waals surface area contributed by atoms with Gasteiger partial charge in [-0.25, -0.2) is 9.18 Å². The predicted octanol–water partition coefficient (Wildman–Crippen LogP) is -0.756. The molecule has 3 amide bonds. The predicted molar refractivity (Wildman–Crippen MR) is 41.5 cm³/mol. The lowest BCUT2D eigenvalue weighted by Gasteiger charge is -2.32. The number of halogens is 1. The van der Waals surface area contributed by atoms with Gasteiger partial charge in [0.1, 0.15) is 6.17 Å². The van der Waals surface area contributed by atoms with Crippen LogP contribution in [0.5, 0.6) is 0 Å². The van der Waals surface area contributed by atoms with Crippen LogP contribution >= 0.6 is 0 Å². The van der Waals surface area contributed by atoms with E-state index in [0.29, 0.717) is 12.8 Å². The van der Waals surface area contributed by atoms with Crippen molar-refractivity contribution in [2.75, 3.05) is 6.54 Å². The summed E-state index contributed by atoms with van der Waals surface area (Å²) in [5, 5.41) is 7.29. The lowest BCUT2D eigenvalue weighted by atomic mass is 9.97. The van der Waals surface area contributed by atoms with E-state index in [-0.39, 0.29) is 6.54 Å². The van der Waals surface area contributed by atoms with Crippen LogP contribution in [0.15, 0.2) is 0 Å². The minimum Gasteiger partial charge on any atom is -0.311 e. The van der Waals surface area contributed by atoms with E-state index in [4.69, 9.17) is 0 Å². The molecule has 2 aliphatic rings. The molecule has 6 heteroatoms. The van der Waals surface area contributed by atoms with Gasteiger partial charge in [0.05, 0.1) is 0 Å². The molecule has 0 aliphatic carbocycles. The van der Waals surface area contributed by atoms with E-state index in [9.17, 15) is 14.0 Å². The summed E-state index contributed by atoms with van der Waals surface area (Å²) in [5.41, 5.74) is -1.06. The average molecular weight is 187 g/mol. The van der Waals surface area contributed by atoms with Crippen LogP contribution in [0.25, 0.3) is 0 Å². The first-order valence-corrected chi connectivity index (χ1v) is 4.15. The van der Waals surface area contributed by atoms with E-state index in [1.807, 2.05) is 0 Å². The molecule has 3 N–H and O–H groups in total. The van der Waals surface area contributed by atoms with E-state index >= 15 is 0 Å². The Morgan fingerprint density at radius 3 is 2.69 bits per heavy atom. The van der Waals surface area contributed by atoms with Crippen molar-refractivity contribution < 1.29 is 14.0 Å². The second-order valence-electron chi connectivity index (χ2n) is 3.33. The summed E-state index contributed by atoms with van der Waals surface area (Å²) in [5.74, 6) is -0.413. The van der Waals surface area contributed by atoms with Crippen molar-refractivity contribution in [1.82, 2.24) is 16.0 Å². The second kappa shape index (κ2) is 2.66. The molecule has 0 aromatic heterocycles. The Kier molecular flexibility index (Phi) is 1.73. The first-order valence-electron chi connectivity index (χ1n) is 4.15. The number of amides is 3. The number of nitrogens with one attached hydrogen (secondary N) is 3. The highest BCUT2D eigenvalue weighted by atomic mass is 19.1. The molecule has 2 heterocycles. The first kappa shape index (κ1) is 8.43. The van der Waals surface area contributed by atoms with Crippen molar-refractivity contribution in [1.29, 1.82) is 0 Å². The number of rotatable bonds is 0. The van der Waals surface area contributed by atoms with Crippen LogP contribution in [-0.2, 0) is 4.79 Å². The van der Waals surface area contributed by atoms with E-state index in [2.05, 4.69) is 16.0 Å². The minimum absolute atomic E-state index is 0.105. The molecular formula is C7H10FN3O2. The molecule has 13 heavy (non-hydrogen) atoms. The highest BCUT2D eigenvalue weighted by Crippen LogP contribution is 2.21. The monoisotopic (exact) mass is 187 g/mol. The molecule has 0 aromatic carbocycles. The summed E-state index contributed by atoms with van der Waals surface area (Å²) in [6.45, 7) is 0.105. The van der Waals surface area contributed by atoms with Gasteiger partial charge in [0.15, 0.2) is 5.66 Å². The van der Waals surface area contributed by atoms with Crippen molar-refractivity contribution in [2.45, 2.75) is 24.7 Å². The summed E-state index contributed by atoms with van der Waals surface area (Å²) in [4.78, 5) is 22.1. The molecule has 2 atom stereocenters. The SMILES string of the molecule is O=C1NC(=O)[C@]2(CCC(F)CN2)N1. The third kappa shape index (κ3) is 1.27. The summed E-state index contributed by atoms with van der Waals surface area (Å²) in [6, 6.07) is -0.519. The van der Waals surface area contributed by atoms with Gasteiger partial charge in [-0.3, -0.25) is 15.4 Å². The van der Waals surface area contributed by atoms with Crippen molar-refractivity contribution in [3.05, 3.63) is 0 Å². The lowest BCUT2D eigenvalue weighted by Crippen LogP contribution is -2.62. The summed E-state index contributed by atoms with van der Waals surface area (Å²) < 4.78 is 12.7. The fourth-order valence-corrected chi connectivity index (χ4v) is 1.64. The summed E-state index contributed by atoms with van der Waals surface area (Å²) in [7, 11) is 0. The fraction of sp³-hybridized carbons (Fsp3) is 0.714. The van der Waals surface area contributed by atoms with Crippen molar-refractivity contribution in [2.24, 2.45) is 0 Å². The zero-order chi connectivity index (χ0) is 9.47. The smallest absolute Gasteiger partial charge is 0.311 e. The van der Waals surface area contributed by atoms with Crippen LogP contribution in [0.2, 0.25) is 0 Å². The van der Waals surface area contributed by atoms with Gasteiger partial charge in [-0.2, -0.15) is 0 Å². The van der Waals surface area contributed by atoms with Crippen LogP contribution in [0.3, 0.4) is 0 Å². The standard InChI is InChI=1S/C7H10FN3O2/c8-4-1-2-7(9-3-4)5(12)10-6(13)11-7/h4,9H,1-3H2,(H2,10,11,12,13)/t4?,7-/m0/s1. The largest absolute Gasteiger partial charge is 0.323 e. The van der Waals surface area contributed by atoms with Crippen LogP contribution in [0.1, 0.15) is 12.8 Å². The zero-order valence-corrected chi connectivity index (χ0v) is 6.89. The highest BCUT2D eigenvalue weighted by Gasteiger charge is 2.48. The number of hydrogen-bond acceptors (Lipinski definition) is 3. The third-order valence-corrected chi connectivity index (χ3v) is 2.40. The Balaban J connectivity index is 2.13. The molecule has 1 spiro atoms. The molecule has 2 fully saturated rings. The Labute approximate surface area is 74.1 Å². The maximum Gasteiger partial charge on any atom is 0.323 e. The third-order valence-electron chi connectivity index (χ3n) is 2.40. The van der Waals surface area contributed by atoms with Crippen molar-refractivity contribution in [3.63, 3.8) is 0 Å². The van der Waals surface area contributed by atoms with Crippen LogP contribution < -0.4 is 16.0 Å². The molecule has 0 bridgehead atoms. The van der Waals surface area contributed by atoms with Gasteiger partial charge in [0.25, 0.3) is 5.91 Å². The molecule has 2 saturated heterocycles. The molecular weight excluding hydrogens is 177 g/mol. The number of carbonyl (C=O) groups is 2. The maximum absolute atomic E-state index is 12.7. The van der Waals surface area contributed by atoms with Crippen LogP contribution in [0.4, 0.5) is 9.18 Å². The van der Waals surface area contributed by atoms with Gasteiger partial charge in [-0.1, -0.05) is 0 Å². The Morgan fingerprint density at radius 1 is 1.46 bits per heavy atom. The normalized spacial score (nSPS) is 39.0. The van der Waals surface area contributed by atoms with Crippen LogP contribution in [0, 0.1) is 0 Å². The van der Waals surface area contributed by atoms with Crippen molar-refractivity contribution >= 4 is 11.9 Å². The molecule has 5 nitrogen and oxygen atoms in total. The zero-order valence-electron chi connectivity index (χ0n) is 6.89. The minimum atomic E-state index is -1.06. The van der Waals surface area contributed by atoms with E-state index in [0.717, 1.165) is 0 Å². The van der Waals surface area contributed by atoms with E-state index in [1.54, 1.807) is 0 Å². The summed E-state index contributed by atoms with van der Waals surface area (Å²) >= 11 is 0. The number of carbonyl (C=O) groups excluding carboxylic acids is 2. The van der Waals surface area contributed by atoms with Crippen LogP contribution in [-0.4, -0.2) is 30.3 Å². The number of imide groups is 1. The molecule has 0 aromatic rings. The van der Waals surface area contributed by atoms with Gasteiger partial charge >= 0.3 is 6.03 Å². The molecule has 1 unspecified atom stereocenters. The fourth-order valence-electron chi connectivity index (χ4n) is 1.64. The average Bonchev–Trinajstić information content (AvgIpc) is 2.34. The topological polar surface area (TPSA) is 70.2 Å². The molecule has 2 rings (SSSR count). The second-order valence-corrected chi connectivity index (χ2v) is 3.33. The van der Waals surface area contributed by atoms with Crippen molar-refractivity contribution in [3.8, 4) is 0 Å². The number of urea groups is 1. The van der Waals surface area contributed by atoms with Gasteiger partial charge in [-0.15, -0.1) is 0 Å². The quantitative estimate of drug-likeness (QED) is 0.437. The lowest BCUT2D eigenvalue weighted by molar-refractivity contribution is -0.126. The molecule has 0 radical (unpaired) electrons. The number of alkyl halides is 1. The number of piperidine rings is 1. The molecule has 2 aliphatic heterocycles. The maximum atomic E-state index is 12.7. The van der Waals surface area contributed by atoms with Gasteiger partial charge in [-0.05, 0) is 12.8 Å². The Bertz CT molecular complexity index is 260.